The molecule has 0 aliphatic carbocycles. The SMILES string of the molecule is CNc1nc(Cl)nc(N2CCC(N(C)C)CC2)n1. The number of piperidine rings is 1. The van der Waals surface area contributed by atoms with Crippen LogP contribution in [0.3, 0.4) is 0 Å². The van der Waals surface area contributed by atoms with Crippen LogP contribution in [0, 0.1) is 0 Å². The molecule has 0 amide bonds. The van der Waals surface area contributed by atoms with Crippen molar-refractivity contribution in [2.45, 2.75) is 18.9 Å². The summed E-state index contributed by atoms with van der Waals surface area (Å²) in [6.45, 7) is 1.90. The highest BCUT2D eigenvalue weighted by Gasteiger charge is 2.22. The van der Waals surface area contributed by atoms with Gasteiger partial charge in [0.1, 0.15) is 0 Å². The molecule has 1 aromatic heterocycles. The Morgan fingerprint density at radius 3 is 2.44 bits per heavy atom. The van der Waals surface area contributed by atoms with Gasteiger partial charge in [-0.1, -0.05) is 0 Å². The third-order valence-electron chi connectivity index (χ3n) is 3.30. The zero-order chi connectivity index (χ0) is 13.1. The predicted octanol–water partition coefficient (Wildman–Crippen LogP) is 1.10. The molecule has 0 atom stereocenters. The van der Waals surface area contributed by atoms with Gasteiger partial charge in [-0.25, -0.2) is 0 Å². The van der Waals surface area contributed by atoms with Gasteiger partial charge in [0.25, 0.3) is 0 Å². The van der Waals surface area contributed by atoms with Crippen molar-refractivity contribution in [3.8, 4) is 0 Å². The molecule has 0 spiro atoms. The van der Waals surface area contributed by atoms with E-state index in [9.17, 15) is 0 Å². The van der Waals surface area contributed by atoms with Gasteiger partial charge < -0.3 is 15.1 Å². The highest BCUT2D eigenvalue weighted by Crippen LogP contribution is 2.20. The second kappa shape index (κ2) is 5.67. The first-order chi connectivity index (χ1) is 8.60. The van der Waals surface area contributed by atoms with Crippen LogP contribution in [-0.2, 0) is 0 Å². The molecule has 6 nitrogen and oxygen atoms in total. The van der Waals surface area contributed by atoms with Crippen molar-refractivity contribution in [1.82, 2.24) is 19.9 Å². The lowest BCUT2D eigenvalue weighted by Crippen LogP contribution is -2.42. The largest absolute Gasteiger partial charge is 0.357 e. The number of hydrogen-bond donors (Lipinski definition) is 1. The van der Waals surface area contributed by atoms with Gasteiger partial charge in [0.2, 0.25) is 17.2 Å². The van der Waals surface area contributed by atoms with E-state index in [0.717, 1.165) is 25.9 Å². The molecule has 1 saturated heterocycles. The predicted molar refractivity (Wildman–Crippen MR) is 73.3 cm³/mol. The monoisotopic (exact) mass is 270 g/mol. The molecule has 1 N–H and O–H groups in total. The van der Waals surface area contributed by atoms with Gasteiger partial charge in [0.15, 0.2) is 0 Å². The van der Waals surface area contributed by atoms with Crippen LogP contribution in [0.25, 0.3) is 0 Å². The van der Waals surface area contributed by atoms with Gasteiger partial charge >= 0.3 is 0 Å². The maximum absolute atomic E-state index is 5.89. The fourth-order valence-corrected chi connectivity index (χ4v) is 2.33. The van der Waals surface area contributed by atoms with Gasteiger partial charge in [0.05, 0.1) is 0 Å². The molecule has 0 aromatic carbocycles. The van der Waals surface area contributed by atoms with Crippen molar-refractivity contribution in [2.75, 3.05) is 44.4 Å². The van der Waals surface area contributed by atoms with E-state index in [1.54, 1.807) is 7.05 Å². The first-order valence-corrected chi connectivity index (χ1v) is 6.48. The molecule has 2 rings (SSSR count). The summed E-state index contributed by atoms with van der Waals surface area (Å²) in [5.41, 5.74) is 0. The Hall–Kier alpha value is -1.14. The molecule has 1 aromatic rings. The molecule has 0 saturated carbocycles. The summed E-state index contributed by atoms with van der Waals surface area (Å²) in [4.78, 5) is 17.0. The summed E-state index contributed by atoms with van der Waals surface area (Å²) in [6.07, 6.45) is 2.23. The molecule has 7 heteroatoms. The van der Waals surface area contributed by atoms with Crippen LogP contribution in [0.4, 0.5) is 11.9 Å². The molecular weight excluding hydrogens is 252 g/mol. The number of nitrogens with one attached hydrogen (secondary N) is 1. The summed E-state index contributed by atoms with van der Waals surface area (Å²) in [5, 5.41) is 3.13. The van der Waals surface area contributed by atoms with Crippen LogP contribution in [0.5, 0.6) is 0 Å². The maximum Gasteiger partial charge on any atom is 0.231 e. The standard InChI is InChI=1S/C11H19ClN6/c1-13-10-14-9(12)15-11(16-10)18-6-4-8(5-7-18)17(2)3/h8H,4-7H2,1-3H3,(H,13,14,15,16). The smallest absolute Gasteiger partial charge is 0.231 e. The fourth-order valence-electron chi connectivity index (χ4n) is 2.18. The van der Waals surface area contributed by atoms with E-state index in [4.69, 9.17) is 11.6 Å². The number of halogens is 1. The van der Waals surface area contributed by atoms with Crippen LogP contribution in [0.15, 0.2) is 0 Å². The second-order valence-corrected chi connectivity index (χ2v) is 5.00. The quantitative estimate of drug-likeness (QED) is 0.888. The summed E-state index contributed by atoms with van der Waals surface area (Å²) in [5.74, 6) is 1.18. The van der Waals surface area contributed by atoms with Gasteiger partial charge in [-0.2, -0.15) is 15.0 Å². The summed E-state index contributed by atoms with van der Waals surface area (Å²) in [6, 6.07) is 0.641. The van der Waals surface area contributed by atoms with Crippen molar-refractivity contribution in [3.63, 3.8) is 0 Å². The average molecular weight is 271 g/mol. The molecule has 100 valence electrons. The molecule has 0 unspecified atom stereocenters. The van der Waals surface area contributed by atoms with Crippen molar-refractivity contribution in [3.05, 3.63) is 5.28 Å². The molecule has 18 heavy (non-hydrogen) atoms. The van der Waals surface area contributed by atoms with E-state index < -0.39 is 0 Å². The van der Waals surface area contributed by atoms with Crippen LogP contribution >= 0.6 is 11.6 Å². The zero-order valence-corrected chi connectivity index (χ0v) is 11.8. The molecule has 0 bridgehead atoms. The van der Waals surface area contributed by atoms with E-state index in [0.29, 0.717) is 17.9 Å². The molecular formula is C11H19ClN6. The van der Waals surface area contributed by atoms with Gasteiger partial charge in [-0.15, -0.1) is 0 Å². The zero-order valence-electron chi connectivity index (χ0n) is 11.0. The number of nitrogens with zero attached hydrogens (tertiary/aromatic N) is 5. The van der Waals surface area contributed by atoms with Gasteiger partial charge in [-0.3, -0.25) is 0 Å². The average Bonchev–Trinajstić information content (AvgIpc) is 2.38. The highest BCUT2D eigenvalue weighted by atomic mass is 35.5. The Balaban J connectivity index is 2.07. The number of hydrogen-bond acceptors (Lipinski definition) is 6. The van der Waals surface area contributed by atoms with Crippen molar-refractivity contribution < 1.29 is 0 Å². The van der Waals surface area contributed by atoms with E-state index in [-0.39, 0.29) is 5.28 Å². The van der Waals surface area contributed by atoms with Crippen molar-refractivity contribution in [1.29, 1.82) is 0 Å². The summed E-state index contributed by atoms with van der Waals surface area (Å²) in [7, 11) is 6.02. The van der Waals surface area contributed by atoms with E-state index >= 15 is 0 Å². The maximum atomic E-state index is 5.89. The first kappa shape index (κ1) is 13.3. The van der Waals surface area contributed by atoms with Crippen molar-refractivity contribution >= 4 is 23.5 Å². The van der Waals surface area contributed by atoms with Crippen LogP contribution in [-0.4, -0.2) is 60.1 Å². The van der Waals surface area contributed by atoms with Crippen LogP contribution < -0.4 is 10.2 Å². The topological polar surface area (TPSA) is 57.2 Å². The lowest BCUT2D eigenvalue weighted by Gasteiger charge is -2.35. The third-order valence-corrected chi connectivity index (χ3v) is 3.47. The Bertz CT molecular complexity index is 403. The number of anilines is 2. The Morgan fingerprint density at radius 2 is 1.89 bits per heavy atom. The third kappa shape index (κ3) is 3.00. The summed E-state index contributed by atoms with van der Waals surface area (Å²) < 4.78 is 0. The minimum Gasteiger partial charge on any atom is -0.357 e. The number of aromatic nitrogens is 3. The van der Waals surface area contributed by atoms with Crippen molar-refractivity contribution in [2.24, 2.45) is 0 Å². The lowest BCUT2D eigenvalue weighted by atomic mass is 10.0. The van der Waals surface area contributed by atoms with Gasteiger partial charge in [-0.05, 0) is 38.5 Å². The first-order valence-electron chi connectivity index (χ1n) is 6.11. The molecule has 0 radical (unpaired) electrons. The van der Waals surface area contributed by atoms with E-state index in [2.05, 4.69) is 44.2 Å². The normalized spacial score (nSPS) is 17.3. The van der Waals surface area contributed by atoms with Crippen LogP contribution in [0.1, 0.15) is 12.8 Å². The molecule has 1 fully saturated rings. The Morgan fingerprint density at radius 1 is 1.22 bits per heavy atom. The highest BCUT2D eigenvalue weighted by molar-refractivity contribution is 6.28. The number of rotatable bonds is 3. The molecule has 2 heterocycles. The van der Waals surface area contributed by atoms with E-state index in [1.807, 2.05) is 0 Å². The summed E-state index contributed by atoms with van der Waals surface area (Å²) >= 11 is 5.89. The van der Waals surface area contributed by atoms with Crippen LogP contribution in [0.2, 0.25) is 5.28 Å². The van der Waals surface area contributed by atoms with E-state index in [1.165, 1.54) is 0 Å². The molecule has 1 aliphatic heterocycles. The fraction of sp³-hybridized carbons (Fsp3) is 0.727. The lowest BCUT2D eigenvalue weighted by molar-refractivity contribution is 0.249. The minimum absolute atomic E-state index is 0.235. The Kier molecular flexibility index (Phi) is 4.19. The second-order valence-electron chi connectivity index (χ2n) is 4.66. The molecule has 1 aliphatic rings. The minimum atomic E-state index is 0.235. The van der Waals surface area contributed by atoms with Gasteiger partial charge in [0, 0.05) is 26.2 Å². The Labute approximate surface area is 112 Å².